The van der Waals surface area contributed by atoms with Crippen molar-refractivity contribution in [3.05, 3.63) is 80.5 Å². The first kappa shape index (κ1) is 24.7. The minimum Gasteiger partial charge on any atom is -0.497 e. The fourth-order valence-electron chi connectivity index (χ4n) is 3.70. The van der Waals surface area contributed by atoms with Gasteiger partial charge >= 0.3 is 5.69 Å². The Morgan fingerprint density at radius 2 is 1.92 bits per heavy atom. The number of ether oxygens (including phenoxy) is 2. The van der Waals surface area contributed by atoms with E-state index < -0.39 is 17.4 Å². The minimum atomic E-state index is -0.981. The van der Waals surface area contributed by atoms with Crippen LogP contribution in [0.2, 0.25) is 0 Å². The normalized spacial score (nSPS) is 12.5. The summed E-state index contributed by atoms with van der Waals surface area (Å²) in [6.45, 7) is 3.69. The summed E-state index contributed by atoms with van der Waals surface area (Å²) in [4.78, 5) is 31.5. The van der Waals surface area contributed by atoms with Crippen molar-refractivity contribution >= 4 is 22.8 Å². The molecule has 3 N–H and O–H groups in total. The van der Waals surface area contributed by atoms with E-state index >= 15 is 0 Å². The highest BCUT2D eigenvalue weighted by Gasteiger charge is 2.20. The molecule has 1 atom stereocenters. The van der Waals surface area contributed by atoms with Crippen molar-refractivity contribution in [2.75, 3.05) is 19.1 Å². The lowest BCUT2D eigenvalue weighted by Gasteiger charge is -2.16. The number of methoxy groups -OCH3 is 1. The van der Waals surface area contributed by atoms with Crippen LogP contribution in [-0.2, 0) is 13.6 Å². The highest BCUT2D eigenvalue weighted by Crippen LogP contribution is 2.19. The van der Waals surface area contributed by atoms with Crippen LogP contribution in [0.5, 0.6) is 11.5 Å². The third-order valence-electron chi connectivity index (χ3n) is 5.76. The van der Waals surface area contributed by atoms with E-state index in [9.17, 15) is 14.7 Å². The number of para-hydroxylation sites is 1. The summed E-state index contributed by atoms with van der Waals surface area (Å²) in [6.07, 6.45) is -0.981. The van der Waals surface area contributed by atoms with Gasteiger partial charge in [0.1, 0.15) is 24.2 Å². The number of aromatic nitrogens is 4. The second-order valence-electron chi connectivity index (χ2n) is 8.30. The number of anilines is 1. The number of H-pyrrole nitrogens is 1. The zero-order valence-corrected chi connectivity index (χ0v) is 20.5. The largest absolute Gasteiger partial charge is 0.497 e. The molecule has 188 valence electrons. The number of fused-ring (bicyclic) bond motifs is 1. The van der Waals surface area contributed by atoms with Crippen LogP contribution in [0, 0.1) is 6.92 Å². The number of hydrogen-bond donors (Lipinski definition) is 3. The predicted octanol–water partition coefficient (Wildman–Crippen LogP) is 2.02. The lowest BCUT2D eigenvalue weighted by Crippen LogP contribution is -2.30. The number of rotatable bonds is 9. The van der Waals surface area contributed by atoms with Crippen molar-refractivity contribution in [1.82, 2.24) is 19.1 Å². The van der Waals surface area contributed by atoms with Gasteiger partial charge < -0.3 is 19.1 Å². The topological polar surface area (TPSA) is 136 Å². The Bertz CT molecular complexity index is 1520. The van der Waals surface area contributed by atoms with Gasteiger partial charge in [0.05, 0.1) is 19.4 Å². The van der Waals surface area contributed by atoms with Crippen LogP contribution in [0.25, 0.3) is 11.2 Å². The molecule has 11 nitrogen and oxygen atoms in total. The van der Waals surface area contributed by atoms with Gasteiger partial charge in [0.15, 0.2) is 11.2 Å². The molecule has 11 heteroatoms. The third kappa shape index (κ3) is 5.15. The van der Waals surface area contributed by atoms with E-state index in [4.69, 9.17) is 9.47 Å². The standard InChI is InChI=1S/C25H28N6O5/c1-15-7-5-6-8-20(15)36-14-18(32)13-31-21-22(30(3)25(34)27-23(21)33)26-24(31)29-28-16(2)17-9-11-19(35-4)12-10-17/h5-12,18,32H,13-14H2,1-4H3,(H,26,29)(H,27,33,34)/b28-16+/t18-/m0/s1. The second-order valence-corrected chi connectivity index (χ2v) is 8.30. The van der Waals surface area contributed by atoms with Gasteiger partial charge in [0, 0.05) is 7.05 Å². The highest BCUT2D eigenvalue weighted by atomic mass is 16.5. The summed E-state index contributed by atoms with van der Waals surface area (Å²) >= 11 is 0. The van der Waals surface area contributed by atoms with E-state index in [0.717, 1.165) is 16.9 Å². The maximum atomic E-state index is 12.7. The summed E-state index contributed by atoms with van der Waals surface area (Å²) in [5, 5.41) is 15.1. The van der Waals surface area contributed by atoms with Crippen LogP contribution in [0.1, 0.15) is 18.1 Å². The third-order valence-corrected chi connectivity index (χ3v) is 5.76. The molecule has 4 aromatic rings. The molecule has 0 saturated heterocycles. The first-order valence-corrected chi connectivity index (χ1v) is 11.3. The molecule has 0 bridgehead atoms. The van der Waals surface area contributed by atoms with E-state index in [1.807, 2.05) is 62.4 Å². The Hall–Kier alpha value is -4.38. The van der Waals surface area contributed by atoms with E-state index in [1.54, 1.807) is 7.11 Å². The minimum absolute atomic E-state index is 0.0121. The molecule has 36 heavy (non-hydrogen) atoms. The van der Waals surface area contributed by atoms with Crippen LogP contribution in [0.15, 0.2) is 63.2 Å². The molecular formula is C25H28N6O5. The first-order chi connectivity index (χ1) is 17.3. The fourth-order valence-corrected chi connectivity index (χ4v) is 3.70. The molecule has 2 aromatic heterocycles. The van der Waals surface area contributed by atoms with Crippen LogP contribution in [0.3, 0.4) is 0 Å². The number of hydrogen-bond acceptors (Lipinski definition) is 8. The Morgan fingerprint density at radius 1 is 1.19 bits per heavy atom. The van der Waals surface area contributed by atoms with Crippen molar-refractivity contribution in [1.29, 1.82) is 0 Å². The number of aliphatic hydroxyl groups is 1. The maximum absolute atomic E-state index is 12.7. The molecule has 0 fully saturated rings. The Balaban J connectivity index is 1.64. The van der Waals surface area contributed by atoms with Crippen LogP contribution >= 0.6 is 0 Å². The molecule has 0 aliphatic carbocycles. The Labute approximate surface area is 206 Å². The smallest absolute Gasteiger partial charge is 0.329 e. The average Bonchev–Trinajstić information content (AvgIpc) is 3.24. The Morgan fingerprint density at radius 3 is 2.61 bits per heavy atom. The van der Waals surface area contributed by atoms with Crippen LogP contribution < -0.4 is 26.1 Å². The molecular weight excluding hydrogens is 464 g/mol. The monoisotopic (exact) mass is 492 g/mol. The number of aliphatic hydroxyl groups excluding tert-OH is 1. The maximum Gasteiger partial charge on any atom is 0.329 e. The van der Waals surface area contributed by atoms with Crippen LogP contribution in [0.4, 0.5) is 5.95 Å². The van der Waals surface area contributed by atoms with Gasteiger partial charge in [-0.3, -0.25) is 14.3 Å². The van der Waals surface area contributed by atoms with Crippen molar-refractivity contribution in [2.24, 2.45) is 12.1 Å². The molecule has 0 unspecified atom stereocenters. The molecule has 0 amide bonds. The van der Waals surface area contributed by atoms with Gasteiger partial charge in [-0.15, -0.1) is 0 Å². The van der Waals surface area contributed by atoms with Gasteiger partial charge in [-0.05, 0) is 55.3 Å². The molecule has 0 aliphatic rings. The van der Waals surface area contributed by atoms with E-state index in [-0.39, 0.29) is 30.3 Å². The zero-order chi connectivity index (χ0) is 25.8. The number of imidazole rings is 1. The average molecular weight is 493 g/mol. The van der Waals surface area contributed by atoms with Crippen molar-refractivity contribution in [3.63, 3.8) is 0 Å². The summed E-state index contributed by atoms with van der Waals surface area (Å²) < 4.78 is 13.7. The van der Waals surface area contributed by atoms with Gasteiger partial charge in [-0.25, -0.2) is 10.2 Å². The van der Waals surface area contributed by atoms with Gasteiger partial charge in [0.2, 0.25) is 5.95 Å². The lowest BCUT2D eigenvalue weighted by atomic mass is 10.1. The second kappa shape index (κ2) is 10.5. The van der Waals surface area contributed by atoms with E-state index in [2.05, 4.69) is 20.5 Å². The first-order valence-electron chi connectivity index (χ1n) is 11.3. The zero-order valence-electron chi connectivity index (χ0n) is 20.5. The molecule has 2 aromatic carbocycles. The summed E-state index contributed by atoms with van der Waals surface area (Å²) in [7, 11) is 3.10. The molecule has 4 rings (SSSR count). The van der Waals surface area contributed by atoms with Crippen molar-refractivity contribution in [3.8, 4) is 11.5 Å². The fraction of sp³-hybridized carbons (Fsp3) is 0.280. The number of nitrogens with zero attached hydrogens (tertiary/aromatic N) is 4. The molecule has 0 saturated carbocycles. The predicted molar refractivity (Wildman–Crippen MR) is 137 cm³/mol. The SMILES string of the molecule is COc1ccc(/C(C)=N/Nc2nc3c(c(=O)[nH]c(=O)n3C)n2C[C@H](O)COc2ccccc2C)cc1. The summed E-state index contributed by atoms with van der Waals surface area (Å²) in [5.74, 6) is 1.58. The van der Waals surface area contributed by atoms with E-state index in [0.29, 0.717) is 11.5 Å². The Kier molecular flexibility index (Phi) is 7.20. The van der Waals surface area contributed by atoms with Crippen LogP contribution in [-0.4, -0.2) is 49.7 Å². The summed E-state index contributed by atoms with van der Waals surface area (Å²) in [6, 6.07) is 14.9. The van der Waals surface area contributed by atoms with Crippen molar-refractivity contribution in [2.45, 2.75) is 26.5 Å². The lowest BCUT2D eigenvalue weighted by molar-refractivity contribution is 0.0935. The molecule has 0 aliphatic heterocycles. The highest BCUT2D eigenvalue weighted by molar-refractivity contribution is 5.99. The summed E-state index contributed by atoms with van der Waals surface area (Å²) in [5.41, 5.74) is 4.41. The number of aromatic amines is 1. The van der Waals surface area contributed by atoms with E-state index in [1.165, 1.54) is 16.2 Å². The number of hydrazone groups is 1. The quantitative estimate of drug-likeness (QED) is 0.240. The number of aryl methyl sites for hydroxylation is 2. The number of benzene rings is 2. The molecule has 0 spiro atoms. The van der Waals surface area contributed by atoms with Crippen molar-refractivity contribution < 1.29 is 14.6 Å². The molecule has 2 heterocycles. The van der Waals surface area contributed by atoms with Gasteiger partial charge in [-0.2, -0.15) is 10.1 Å². The number of nitrogens with one attached hydrogen (secondary N) is 2. The molecule has 0 radical (unpaired) electrons. The van der Waals surface area contributed by atoms with Gasteiger partial charge in [-0.1, -0.05) is 18.2 Å². The van der Waals surface area contributed by atoms with Gasteiger partial charge in [0.25, 0.3) is 5.56 Å².